The number of hydrogen-bond acceptors (Lipinski definition) is 7. The maximum Gasteiger partial charge on any atom is 0.223 e. The lowest BCUT2D eigenvalue weighted by atomic mass is 9.83. The van der Waals surface area contributed by atoms with Crippen LogP contribution in [-0.2, 0) is 14.3 Å². The Labute approximate surface area is 159 Å². The van der Waals surface area contributed by atoms with E-state index < -0.39 is 0 Å². The first-order valence-electron chi connectivity index (χ1n) is 9.48. The van der Waals surface area contributed by atoms with Crippen LogP contribution in [0.1, 0.15) is 39.5 Å². The van der Waals surface area contributed by atoms with E-state index in [9.17, 15) is 9.59 Å². The number of aromatic nitrogens is 2. The van der Waals surface area contributed by atoms with E-state index in [4.69, 9.17) is 10.5 Å². The second-order valence-electron chi connectivity index (χ2n) is 6.74. The van der Waals surface area contributed by atoms with Crippen molar-refractivity contribution >= 4 is 23.6 Å². The second kappa shape index (κ2) is 10.7. The van der Waals surface area contributed by atoms with E-state index >= 15 is 0 Å². The van der Waals surface area contributed by atoms with Gasteiger partial charge in [0.25, 0.3) is 0 Å². The fourth-order valence-corrected chi connectivity index (χ4v) is 3.20. The molecule has 9 nitrogen and oxygen atoms in total. The van der Waals surface area contributed by atoms with E-state index in [0.29, 0.717) is 31.9 Å². The molecule has 1 aromatic rings. The second-order valence-corrected chi connectivity index (χ2v) is 6.74. The highest BCUT2D eigenvalue weighted by Gasteiger charge is 2.34. The zero-order chi connectivity index (χ0) is 19.6. The third-order valence-electron chi connectivity index (χ3n) is 4.50. The highest BCUT2D eigenvalue weighted by Crippen LogP contribution is 2.29. The number of hydrogen-bond donors (Lipinski definition) is 4. The molecule has 1 aromatic heterocycles. The van der Waals surface area contributed by atoms with Gasteiger partial charge in [0.15, 0.2) is 0 Å². The molecule has 1 saturated carbocycles. The normalized spacial score (nSPS) is 22.1. The first kappa shape index (κ1) is 20.9. The van der Waals surface area contributed by atoms with Gasteiger partial charge in [0, 0.05) is 38.7 Å². The number of amides is 2. The summed E-state index contributed by atoms with van der Waals surface area (Å²) in [5.74, 6) is 0.691. The fourth-order valence-electron chi connectivity index (χ4n) is 3.20. The van der Waals surface area contributed by atoms with Gasteiger partial charge in [0.1, 0.15) is 5.82 Å². The third kappa shape index (κ3) is 7.01. The molecule has 2 amide bonds. The fraction of sp³-hybridized carbons (Fsp3) is 0.667. The lowest BCUT2D eigenvalue weighted by Gasteiger charge is -2.36. The standard InChI is InChI=1S/C18H30N6O3/c1-3-10-27-15-11-13(17(26)21-9-8-20-12(2)25)4-5-14(15)23-16-6-7-22-18(19)24-16/h6-7,13-15H,3-5,8-11H2,1-2H3,(H,20,25)(H,21,26)(H3,19,22,23,24)/t13-,14-,15-/m0/s1. The van der Waals surface area contributed by atoms with Crippen molar-refractivity contribution in [3.63, 3.8) is 0 Å². The Balaban J connectivity index is 1.90. The molecule has 0 radical (unpaired) electrons. The Morgan fingerprint density at radius 1 is 1.30 bits per heavy atom. The van der Waals surface area contributed by atoms with Crippen molar-refractivity contribution < 1.29 is 14.3 Å². The smallest absolute Gasteiger partial charge is 0.223 e. The van der Waals surface area contributed by atoms with Crippen molar-refractivity contribution in [3.05, 3.63) is 12.3 Å². The van der Waals surface area contributed by atoms with Crippen LogP contribution in [0.5, 0.6) is 0 Å². The summed E-state index contributed by atoms with van der Waals surface area (Å²) in [5.41, 5.74) is 5.64. The number of anilines is 2. The largest absolute Gasteiger partial charge is 0.376 e. The molecule has 0 unspecified atom stereocenters. The van der Waals surface area contributed by atoms with Gasteiger partial charge in [-0.2, -0.15) is 4.98 Å². The van der Waals surface area contributed by atoms with Gasteiger partial charge in [-0.3, -0.25) is 9.59 Å². The summed E-state index contributed by atoms with van der Waals surface area (Å²) in [6, 6.07) is 1.84. The molecule has 0 bridgehead atoms. The Kier molecular flexibility index (Phi) is 8.25. The summed E-state index contributed by atoms with van der Waals surface area (Å²) in [6.45, 7) is 5.02. The van der Waals surface area contributed by atoms with E-state index in [2.05, 4.69) is 32.8 Å². The van der Waals surface area contributed by atoms with Crippen LogP contribution >= 0.6 is 0 Å². The average molecular weight is 378 g/mol. The van der Waals surface area contributed by atoms with Crippen molar-refractivity contribution in [1.29, 1.82) is 0 Å². The van der Waals surface area contributed by atoms with Crippen molar-refractivity contribution in [2.75, 3.05) is 30.7 Å². The summed E-state index contributed by atoms with van der Waals surface area (Å²) >= 11 is 0. The maximum atomic E-state index is 12.4. The Hall–Kier alpha value is -2.42. The molecule has 1 heterocycles. The van der Waals surface area contributed by atoms with Gasteiger partial charge in [-0.25, -0.2) is 4.98 Å². The minimum absolute atomic E-state index is 0.00943. The molecule has 5 N–H and O–H groups in total. The first-order chi connectivity index (χ1) is 13.0. The van der Waals surface area contributed by atoms with E-state index in [1.165, 1.54) is 6.92 Å². The van der Waals surface area contributed by atoms with Gasteiger partial charge in [-0.05, 0) is 31.7 Å². The number of carbonyl (C=O) groups is 2. The van der Waals surface area contributed by atoms with Crippen LogP contribution in [0, 0.1) is 5.92 Å². The number of nitrogens with two attached hydrogens (primary N) is 1. The van der Waals surface area contributed by atoms with Crippen LogP contribution in [0.2, 0.25) is 0 Å². The molecular formula is C18H30N6O3. The van der Waals surface area contributed by atoms with Crippen LogP contribution in [0.25, 0.3) is 0 Å². The molecule has 2 rings (SSSR count). The van der Waals surface area contributed by atoms with E-state index in [1.807, 2.05) is 0 Å². The lowest BCUT2D eigenvalue weighted by Crippen LogP contribution is -2.46. The summed E-state index contributed by atoms with van der Waals surface area (Å²) in [4.78, 5) is 31.4. The van der Waals surface area contributed by atoms with Crippen molar-refractivity contribution in [2.45, 2.75) is 51.7 Å². The minimum atomic E-state index is -0.103. The molecular weight excluding hydrogens is 348 g/mol. The number of nitrogens with zero attached hydrogens (tertiary/aromatic N) is 2. The molecule has 150 valence electrons. The molecule has 27 heavy (non-hydrogen) atoms. The SMILES string of the molecule is CCCO[C@H]1C[C@@H](C(=O)NCCNC(C)=O)CC[C@@H]1Nc1ccnc(N)n1. The number of nitrogen functional groups attached to an aromatic ring is 1. The third-order valence-corrected chi connectivity index (χ3v) is 4.50. The number of carbonyl (C=O) groups excluding carboxylic acids is 2. The molecule has 3 atom stereocenters. The minimum Gasteiger partial charge on any atom is -0.376 e. The van der Waals surface area contributed by atoms with Gasteiger partial charge >= 0.3 is 0 Å². The molecule has 0 aliphatic heterocycles. The van der Waals surface area contributed by atoms with Gasteiger partial charge in [0.2, 0.25) is 17.8 Å². The average Bonchev–Trinajstić information content (AvgIpc) is 2.64. The maximum absolute atomic E-state index is 12.4. The van der Waals surface area contributed by atoms with E-state index in [0.717, 1.165) is 19.3 Å². The van der Waals surface area contributed by atoms with Gasteiger partial charge in [0.05, 0.1) is 12.1 Å². The predicted octanol–water partition coefficient (Wildman–Crippen LogP) is 0.687. The molecule has 1 aliphatic carbocycles. The number of ether oxygens (including phenoxy) is 1. The van der Waals surface area contributed by atoms with Crippen molar-refractivity contribution in [1.82, 2.24) is 20.6 Å². The lowest BCUT2D eigenvalue weighted by molar-refractivity contribution is -0.128. The monoisotopic (exact) mass is 378 g/mol. The molecule has 0 aromatic carbocycles. The predicted molar refractivity (Wildman–Crippen MR) is 103 cm³/mol. The highest BCUT2D eigenvalue weighted by molar-refractivity contribution is 5.79. The molecule has 9 heteroatoms. The van der Waals surface area contributed by atoms with Crippen LogP contribution in [0.15, 0.2) is 12.3 Å². The van der Waals surface area contributed by atoms with Crippen LogP contribution in [0.3, 0.4) is 0 Å². The van der Waals surface area contributed by atoms with Crippen LogP contribution in [-0.4, -0.2) is 53.6 Å². The zero-order valence-electron chi connectivity index (χ0n) is 16.0. The van der Waals surface area contributed by atoms with Gasteiger partial charge < -0.3 is 26.4 Å². The Morgan fingerprint density at radius 3 is 2.78 bits per heavy atom. The summed E-state index contributed by atoms with van der Waals surface area (Å²) in [6.07, 6.45) is 4.64. The van der Waals surface area contributed by atoms with Crippen LogP contribution < -0.4 is 21.7 Å². The summed E-state index contributed by atoms with van der Waals surface area (Å²) in [5, 5.41) is 8.93. The van der Waals surface area contributed by atoms with Crippen LogP contribution in [0.4, 0.5) is 11.8 Å². The zero-order valence-corrected chi connectivity index (χ0v) is 16.0. The summed E-state index contributed by atoms with van der Waals surface area (Å²) in [7, 11) is 0. The van der Waals surface area contributed by atoms with Crippen molar-refractivity contribution in [2.24, 2.45) is 5.92 Å². The molecule has 0 spiro atoms. The Bertz CT molecular complexity index is 627. The molecule has 0 saturated heterocycles. The van der Waals surface area contributed by atoms with E-state index in [1.54, 1.807) is 12.3 Å². The first-order valence-corrected chi connectivity index (χ1v) is 9.48. The van der Waals surface area contributed by atoms with Crippen molar-refractivity contribution in [3.8, 4) is 0 Å². The number of rotatable bonds is 9. The Morgan fingerprint density at radius 2 is 2.07 bits per heavy atom. The molecule has 1 fully saturated rings. The number of nitrogens with one attached hydrogen (secondary N) is 3. The highest BCUT2D eigenvalue weighted by atomic mass is 16.5. The van der Waals surface area contributed by atoms with Gasteiger partial charge in [-0.15, -0.1) is 0 Å². The van der Waals surface area contributed by atoms with E-state index in [-0.39, 0.29) is 35.8 Å². The molecule has 1 aliphatic rings. The quantitative estimate of drug-likeness (QED) is 0.465. The summed E-state index contributed by atoms with van der Waals surface area (Å²) < 4.78 is 6.01. The van der Waals surface area contributed by atoms with Gasteiger partial charge in [-0.1, -0.05) is 6.92 Å². The topological polar surface area (TPSA) is 131 Å².